The molecule has 120 valence electrons. The number of amides is 1. The van der Waals surface area contributed by atoms with Gasteiger partial charge in [-0.05, 0) is 25.3 Å². The molecule has 0 spiro atoms. The minimum absolute atomic E-state index is 0.221. The number of benzene rings is 1. The second-order valence-corrected chi connectivity index (χ2v) is 5.48. The summed E-state index contributed by atoms with van der Waals surface area (Å²) in [6, 6.07) is 11.5. The Kier molecular flexibility index (Phi) is 4.25. The van der Waals surface area contributed by atoms with E-state index in [0.717, 1.165) is 12.0 Å². The maximum atomic E-state index is 12.9. The van der Waals surface area contributed by atoms with Crippen LogP contribution in [0.3, 0.4) is 0 Å². The quantitative estimate of drug-likeness (QED) is 0.938. The second-order valence-electron chi connectivity index (χ2n) is 5.48. The van der Waals surface area contributed by atoms with Crippen molar-refractivity contribution in [3.8, 4) is 6.01 Å². The van der Waals surface area contributed by atoms with Crippen LogP contribution in [0.15, 0.2) is 36.4 Å². The molecule has 1 amide bonds. The summed E-state index contributed by atoms with van der Waals surface area (Å²) in [5, 5.41) is 2.84. The zero-order valence-electron chi connectivity index (χ0n) is 13.2. The van der Waals surface area contributed by atoms with Gasteiger partial charge in [-0.3, -0.25) is 4.79 Å². The van der Waals surface area contributed by atoms with Crippen LogP contribution in [0.4, 0.5) is 5.82 Å². The Morgan fingerprint density at radius 2 is 2.09 bits per heavy atom. The number of anilines is 1. The summed E-state index contributed by atoms with van der Waals surface area (Å²) in [5.41, 5.74) is 0.605. The molecule has 6 nitrogen and oxygen atoms in total. The smallest absolute Gasteiger partial charge is 0.318 e. The molecule has 1 fully saturated rings. The van der Waals surface area contributed by atoms with Crippen LogP contribution >= 0.6 is 0 Å². The third kappa shape index (κ3) is 3.03. The number of aromatic nitrogens is 2. The van der Waals surface area contributed by atoms with Crippen LogP contribution in [0, 0.1) is 6.92 Å². The molecule has 0 bridgehead atoms. The molecule has 1 atom stereocenters. The summed E-state index contributed by atoms with van der Waals surface area (Å²) in [7, 11) is 1.49. The van der Waals surface area contributed by atoms with Gasteiger partial charge in [0.25, 0.3) is 5.91 Å². The first kappa shape index (κ1) is 15.4. The third-order valence-corrected chi connectivity index (χ3v) is 3.89. The summed E-state index contributed by atoms with van der Waals surface area (Å²) in [5.74, 6) is 0.187. The summed E-state index contributed by atoms with van der Waals surface area (Å²) < 4.78 is 10.9. The molecule has 1 aromatic heterocycles. The molecule has 6 heteroatoms. The largest absolute Gasteiger partial charge is 0.467 e. The van der Waals surface area contributed by atoms with Gasteiger partial charge in [0.2, 0.25) is 0 Å². The highest BCUT2D eigenvalue weighted by Crippen LogP contribution is 2.37. The maximum absolute atomic E-state index is 12.9. The van der Waals surface area contributed by atoms with Crippen LogP contribution in [0.1, 0.15) is 24.1 Å². The van der Waals surface area contributed by atoms with E-state index in [0.29, 0.717) is 24.5 Å². The molecular weight excluding hydrogens is 294 g/mol. The summed E-state index contributed by atoms with van der Waals surface area (Å²) in [4.78, 5) is 21.2. The van der Waals surface area contributed by atoms with E-state index >= 15 is 0 Å². The second kappa shape index (κ2) is 6.34. The minimum Gasteiger partial charge on any atom is -0.467 e. The molecule has 1 N–H and O–H groups in total. The number of hydrogen-bond acceptors (Lipinski definition) is 5. The van der Waals surface area contributed by atoms with Gasteiger partial charge in [-0.1, -0.05) is 30.3 Å². The van der Waals surface area contributed by atoms with Gasteiger partial charge in [0.1, 0.15) is 5.82 Å². The van der Waals surface area contributed by atoms with E-state index in [9.17, 15) is 4.79 Å². The van der Waals surface area contributed by atoms with Crippen molar-refractivity contribution in [1.82, 2.24) is 9.97 Å². The normalized spacial score (nSPS) is 20.3. The number of nitrogens with one attached hydrogen (secondary N) is 1. The van der Waals surface area contributed by atoms with E-state index in [-0.39, 0.29) is 11.9 Å². The van der Waals surface area contributed by atoms with Gasteiger partial charge >= 0.3 is 6.01 Å². The molecule has 1 saturated heterocycles. The van der Waals surface area contributed by atoms with Crippen molar-refractivity contribution in [1.29, 1.82) is 0 Å². The van der Waals surface area contributed by atoms with E-state index in [1.54, 1.807) is 6.07 Å². The Labute approximate surface area is 134 Å². The molecule has 2 aromatic rings. The summed E-state index contributed by atoms with van der Waals surface area (Å²) >= 11 is 0. The van der Waals surface area contributed by atoms with Crippen LogP contribution < -0.4 is 10.1 Å². The van der Waals surface area contributed by atoms with E-state index in [1.165, 1.54) is 7.11 Å². The van der Waals surface area contributed by atoms with Crippen molar-refractivity contribution in [3.05, 3.63) is 47.7 Å². The SMILES string of the molecule is COc1nc(C)cc(NC(=O)C2(c3ccccc3)CCCO2)n1. The predicted octanol–water partition coefficient (Wildman–Crippen LogP) is 2.44. The molecule has 1 aliphatic heterocycles. The van der Waals surface area contributed by atoms with Crippen molar-refractivity contribution < 1.29 is 14.3 Å². The molecule has 1 unspecified atom stereocenters. The first-order chi connectivity index (χ1) is 11.1. The van der Waals surface area contributed by atoms with E-state index in [1.807, 2.05) is 37.3 Å². The van der Waals surface area contributed by atoms with Crippen LogP contribution in [0.25, 0.3) is 0 Å². The fraction of sp³-hybridized carbons (Fsp3) is 0.353. The van der Waals surface area contributed by atoms with Crippen molar-refractivity contribution >= 4 is 11.7 Å². The highest BCUT2D eigenvalue weighted by Gasteiger charge is 2.44. The minimum atomic E-state index is -0.965. The van der Waals surface area contributed by atoms with Crippen molar-refractivity contribution in [2.24, 2.45) is 0 Å². The van der Waals surface area contributed by atoms with Crippen LogP contribution in [-0.4, -0.2) is 29.6 Å². The number of rotatable bonds is 4. The zero-order valence-corrected chi connectivity index (χ0v) is 13.2. The summed E-state index contributed by atoms with van der Waals surface area (Å²) in [6.45, 7) is 2.38. The zero-order chi connectivity index (χ0) is 16.3. The Morgan fingerprint density at radius 3 is 2.74 bits per heavy atom. The summed E-state index contributed by atoms with van der Waals surface area (Å²) in [6.07, 6.45) is 1.48. The lowest BCUT2D eigenvalue weighted by Gasteiger charge is -2.27. The molecule has 1 aromatic carbocycles. The molecule has 0 saturated carbocycles. The van der Waals surface area contributed by atoms with Gasteiger partial charge in [-0.25, -0.2) is 4.98 Å². The predicted molar refractivity (Wildman–Crippen MR) is 85.3 cm³/mol. The molecular formula is C17H19N3O3. The lowest BCUT2D eigenvalue weighted by Crippen LogP contribution is -2.40. The lowest BCUT2D eigenvalue weighted by atomic mass is 9.90. The monoisotopic (exact) mass is 313 g/mol. The Hall–Kier alpha value is -2.47. The van der Waals surface area contributed by atoms with Gasteiger partial charge in [0, 0.05) is 18.4 Å². The average Bonchev–Trinajstić information content (AvgIpc) is 3.06. The first-order valence-corrected chi connectivity index (χ1v) is 7.55. The van der Waals surface area contributed by atoms with E-state index < -0.39 is 5.60 Å². The van der Waals surface area contributed by atoms with Crippen LogP contribution in [0.5, 0.6) is 6.01 Å². The molecule has 0 radical (unpaired) electrons. The van der Waals surface area contributed by atoms with Gasteiger partial charge in [-0.15, -0.1) is 0 Å². The lowest BCUT2D eigenvalue weighted by molar-refractivity contribution is -0.136. The van der Waals surface area contributed by atoms with Crippen molar-refractivity contribution in [2.45, 2.75) is 25.4 Å². The third-order valence-electron chi connectivity index (χ3n) is 3.89. The number of carbonyl (C=O) groups is 1. The van der Waals surface area contributed by atoms with Gasteiger partial charge in [-0.2, -0.15) is 4.98 Å². The van der Waals surface area contributed by atoms with E-state index in [2.05, 4.69) is 15.3 Å². The number of hydrogen-bond donors (Lipinski definition) is 1. The Bertz CT molecular complexity index is 697. The van der Waals surface area contributed by atoms with Crippen LogP contribution in [0.2, 0.25) is 0 Å². The molecule has 23 heavy (non-hydrogen) atoms. The van der Waals surface area contributed by atoms with Gasteiger partial charge in [0.05, 0.1) is 7.11 Å². The van der Waals surface area contributed by atoms with Gasteiger partial charge in [0.15, 0.2) is 5.60 Å². The molecule has 0 aliphatic carbocycles. The maximum Gasteiger partial charge on any atom is 0.318 e. The highest BCUT2D eigenvalue weighted by molar-refractivity contribution is 5.97. The van der Waals surface area contributed by atoms with Crippen molar-refractivity contribution in [3.63, 3.8) is 0 Å². The average molecular weight is 313 g/mol. The molecule has 1 aliphatic rings. The Balaban J connectivity index is 1.90. The number of ether oxygens (including phenoxy) is 2. The standard InChI is InChI=1S/C17H19N3O3/c1-12-11-14(20-16(18-12)22-2)19-15(21)17(9-6-10-23-17)13-7-4-3-5-8-13/h3-5,7-8,11H,6,9-10H2,1-2H3,(H,18,19,20,21). The number of nitrogens with zero attached hydrogens (tertiary/aromatic N) is 2. The van der Waals surface area contributed by atoms with E-state index in [4.69, 9.17) is 9.47 Å². The Morgan fingerprint density at radius 1 is 1.30 bits per heavy atom. The van der Waals surface area contributed by atoms with Crippen LogP contribution in [-0.2, 0) is 15.1 Å². The molecule has 3 rings (SSSR count). The van der Waals surface area contributed by atoms with Gasteiger partial charge < -0.3 is 14.8 Å². The molecule has 2 heterocycles. The first-order valence-electron chi connectivity index (χ1n) is 7.55. The number of carbonyl (C=O) groups excluding carboxylic acids is 1. The topological polar surface area (TPSA) is 73.3 Å². The fourth-order valence-corrected chi connectivity index (χ4v) is 2.80. The highest BCUT2D eigenvalue weighted by atomic mass is 16.5. The number of aryl methyl sites for hydroxylation is 1. The fourth-order valence-electron chi connectivity index (χ4n) is 2.80. The number of methoxy groups -OCH3 is 1. The van der Waals surface area contributed by atoms with Crippen molar-refractivity contribution in [2.75, 3.05) is 19.0 Å².